The summed E-state index contributed by atoms with van der Waals surface area (Å²) in [6.45, 7) is 0. The van der Waals surface area contributed by atoms with Gasteiger partial charge in [-0.1, -0.05) is 18.2 Å². The van der Waals surface area contributed by atoms with Crippen molar-refractivity contribution in [1.29, 1.82) is 5.26 Å². The number of esters is 1. The summed E-state index contributed by atoms with van der Waals surface area (Å²) in [5, 5.41) is 9.71. The lowest BCUT2D eigenvalue weighted by atomic mass is 9.79. The third kappa shape index (κ3) is 1.70. The van der Waals surface area contributed by atoms with E-state index in [9.17, 15) is 9.59 Å². The molecule has 5 nitrogen and oxygen atoms in total. The van der Waals surface area contributed by atoms with Crippen LogP contribution in [0.2, 0.25) is 0 Å². The quantitative estimate of drug-likeness (QED) is 0.644. The van der Waals surface area contributed by atoms with Crippen LogP contribution in [-0.2, 0) is 23.0 Å². The molecule has 1 atom stereocenters. The molecule has 0 bridgehead atoms. The molecule has 3 rings (SSSR count). The number of fused-ring (bicyclic) bond motifs is 3. The maximum atomic E-state index is 13.0. The molecule has 0 amide bonds. The number of para-hydroxylation sites is 1. The van der Waals surface area contributed by atoms with Crippen molar-refractivity contribution in [1.82, 2.24) is 4.57 Å². The van der Waals surface area contributed by atoms with Crippen LogP contribution in [0.15, 0.2) is 24.3 Å². The molecule has 5 heteroatoms. The Labute approximate surface area is 128 Å². The Morgan fingerprint density at radius 1 is 1.45 bits per heavy atom. The van der Waals surface area contributed by atoms with Gasteiger partial charge in [0.2, 0.25) is 0 Å². The first-order chi connectivity index (χ1) is 10.6. The highest BCUT2D eigenvalue weighted by Crippen LogP contribution is 2.45. The number of hydrogen-bond donors (Lipinski definition) is 0. The first kappa shape index (κ1) is 14.3. The Hall–Kier alpha value is -2.61. The van der Waals surface area contributed by atoms with Gasteiger partial charge in [0.05, 0.1) is 13.2 Å². The number of nitrogens with zero attached hydrogens (tertiary/aromatic N) is 2. The fourth-order valence-corrected chi connectivity index (χ4v) is 3.45. The van der Waals surface area contributed by atoms with E-state index in [0.717, 1.165) is 16.6 Å². The van der Waals surface area contributed by atoms with Gasteiger partial charge in [0.25, 0.3) is 0 Å². The molecule has 1 aromatic carbocycles. The molecule has 0 N–H and O–H groups in total. The molecule has 1 aromatic heterocycles. The van der Waals surface area contributed by atoms with Crippen LogP contribution in [-0.4, -0.2) is 23.4 Å². The SMILES string of the molecule is COC(=O)C1(CCC#N)Cc2c(c3ccccc3n2C)C1=O. The lowest BCUT2D eigenvalue weighted by molar-refractivity contribution is -0.149. The molecule has 112 valence electrons. The summed E-state index contributed by atoms with van der Waals surface area (Å²) in [7, 11) is 3.18. The minimum atomic E-state index is -1.25. The van der Waals surface area contributed by atoms with Gasteiger partial charge in [0, 0.05) is 42.0 Å². The number of Topliss-reactive ketones (excluding diaryl/α,β-unsaturated/α-hetero) is 1. The monoisotopic (exact) mass is 296 g/mol. The molecule has 1 heterocycles. The van der Waals surface area contributed by atoms with Gasteiger partial charge in [-0.25, -0.2) is 0 Å². The zero-order chi connectivity index (χ0) is 15.9. The molecule has 0 saturated carbocycles. The largest absolute Gasteiger partial charge is 0.468 e. The zero-order valence-corrected chi connectivity index (χ0v) is 12.5. The number of ketones is 1. The summed E-state index contributed by atoms with van der Waals surface area (Å²) in [6.07, 6.45) is 0.630. The van der Waals surface area contributed by atoms with Crippen molar-refractivity contribution in [2.45, 2.75) is 19.3 Å². The van der Waals surface area contributed by atoms with Crippen LogP contribution in [0.5, 0.6) is 0 Å². The van der Waals surface area contributed by atoms with E-state index in [-0.39, 0.29) is 18.6 Å². The van der Waals surface area contributed by atoms with E-state index in [4.69, 9.17) is 10.00 Å². The molecule has 0 radical (unpaired) electrons. The number of hydrogen-bond acceptors (Lipinski definition) is 4. The molecular formula is C17H16N2O3. The third-order valence-corrected chi connectivity index (χ3v) is 4.60. The van der Waals surface area contributed by atoms with Gasteiger partial charge in [-0.3, -0.25) is 9.59 Å². The van der Waals surface area contributed by atoms with E-state index in [1.54, 1.807) is 0 Å². The van der Waals surface area contributed by atoms with Gasteiger partial charge in [0.1, 0.15) is 5.41 Å². The van der Waals surface area contributed by atoms with Crippen LogP contribution in [0.3, 0.4) is 0 Å². The second-order valence-corrected chi connectivity index (χ2v) is 5.64. The molecule has 2 aromatic rings. The van der Waals surface area contributed by atoms with Crippen LogP contribution >= 0.6 is 0 Å². The highest BCUT2D eigenvalue weighted by atomic mass is 16.5. The molecule has 22 heavy (non-hydrogen) atoms. The maximum Gasteiger partial charge on any atom is 0.320 e. The van der Waals surface area contributed by atoms with Gasteiger partial charge < -0.3 is 9.30 Å². The van der Waals surface area contributed by atoms with E-state index in [0.29, 0.717) is 12.0 Å². The minimum absolute atomic E-state index is 0.146. The number of benzene rings is 1. The molecule has 0 spiro atoms. The standard InChI is InChI=1S/C17H16N2O3/c1-19-12-7-4-3-6-11(12)14-13(19)10-17(15(14)20,8-5-9-18)16(21)22-2/h3-4,6-7H,5,8,10H2,1-2H3. The highest BCUT2D eigenvalue weighted by molar-refractivity contribution is 6.21. The van der Waals surface area contributed by atoms with E-state index >= 15 is 0 Å². The molecule has 0 saturated heterocycles. The van der Waals surface area contributed by atoms with Crippen LogP contribution < -0.4 is 0 Å². The predicted octanol–water partition coefficient (Wildman–Crippen LogP) is 2.38. The van der Waals surface area contributed by atoms with Crippen LogP contribution in [0, 0.1) is 16.7 Å². The van der Waals surface area contributed by atoms with Gasteiger partial charge in [-0.05, 0) is 12.5 Å². The van der Waals surface area contributed by atoms with Crippen LogP contribution in [0.4, 0.5) is 0 Å². The Kier molecular flexibility index (Phi) is 3.25. The van der Waals surface area contributed by atoms with Crippen molar-refractivity contribution in [2.75, 3.05) is 7.11 Å². The van der Waals surface area contributed by atoms with E-state index in [1.165, 1.54) is 7.11 Å². The molecule has 1 aliphatic rings. The Morgan fingerprint density at radius 3 is 2.86 bits per heavy atom. The third-order valence-electron chi connectivity index (χ3n) is 4.60. The van der Waals surface area contributed by atoms with Crippen LogP contribution in [0.25, 0.3) is 10.9 Å². The van der Waals surface area contributed by atoms with Crippen molar-refractivity contribution in [2.24, 2.45) is 12.5 Å². The Balaban J connectivity index is 2.19. The molecule has 0 aliphatic heterocycles. The summed E-state index contributed by atoms with van der Waals surface area (Å²) >= 11 is 0. The maximum absolute atomic E-state index is 13.0. The van der Waals surface area contributed by atoms with Crippen LogP contribution in [0.1, 0.15) is 28.9 Å². The number of carbonyl (C=O) groups excluding carboxylic acids is 2. The normalized spacial score (nSPS) is 20.0. The highest BCUT2D eigenvalue weighted by Gasteiger charge is 2.54. The number of rotatable bonds is 3. The summed E-state index contributed by atoms with van der Waals surface area (Å²) in [5.41, 5.74) is 1.16. The number of ether oxygens (including phenoxy) is 1. The van der Waals surface area contributed by atoms with Crippen molar-refractivity contribution < 1.29 is 14.3 Å². The van der Waals surface area contributed by atoms with Gasteiger partial charge in [0.15, 0.2) is 5.78 Å². The number of nitriles is 1. The second kappa shape index (κ2) is 4.99. The number of carbonyl (C=O) groups is 2. The van der Waals surface area contributed by atoms with Crippen molar-refractivity contribution in [3.63, 3.8) is 0 Å². The summed E-state index contributed by atoms with van der Waals surface area (Å²) < 4.78 is 6.84. The lowest BCUT2D eigenvalue weighted by Gasteiger charge is -2.23. The topological polar surface area (TPSA) is 72.1 Å². The lowest BCUT2D eigenvalue weighted by Crippen LogP contribution is -2.38. The van der Waals surface area contributed by atoms with Crippen molar-refractivity contribution in [3.8, 4) is 6.07 Å². The molecular weight excluding hydrogens is 280 g/mol. The van der Waals surface area contributed by atoms with E-state index in [2.05, 4.69) is 0 Å². The smallest absolute Gasteiger partial charge is 0.320 e. The minimum Gasteiger partial charge on any atom is -0.468 e. The molecule has 0 fully saturated rings. The predicted molar refractivity (Wildman–Crippen MR) is 80.2 cm³/mol. The summed E-state index contributed by atoms with van der Waals surface area (Å²) in [5.74, 6) is -0.769. The fourth-order valence-electron chi connectivity index (χ4n) is 3.45. The Morgan fingerprint density at radius 2 is 2.18 bits per heavy atom. The average molecular weight is 296 g/mol. The van der Waals surface area contributed by atoms with E-state index < -0.39 is 11.4 Å². The van der Waals surface area contributed by atoms with Gasteiger partial charge in [-0.2, -0.15) is 5.26 Å². The first-order valence-electron chi connectivity index (χ1n) is 7.13. The van der Waals surface area contributed by atoms with Crippen molar-refractivity contribution in [3.05, 3.63) is 35.5 Å². The molecule has 1 unspecified atom stereocenters. The Bertz CT molecular complexity index is 828. The molecule has 1 aliphatic carbocycles. The van der Waals surface area contributed by atoms with Gasteiger partial charge >= 0.3 is 5.97 Å². The van der Waals surface area contributed by atoms with Crippen molar-refractivity contribution >= 4 is 22.7 Å². The second-order valence-electron chi connectivity index (χ2n) is 5.64. The number of methoxy groups -OCH3 is 1. The fraction of sp³-hybridized carbons (Fsp3) is 0.353. The zero-order valence-electron chi connectivity index (χ0n) is 12.5. The van der Waals surface area contributed by atoms with Gasteiger partial charge in [-0.15, -0.1) is 0 Å². The summed E-state index contributed by atoms with van der Waals surface area (Å²) in [4.78, 5) is 25.3. The first-order valence-corrected chi connectivity index (χ1v) is 7.13. The average Bonchev–Trinajstić information content (AvgIpc) is 2.99. The van der Waals surface area contributed by atoms with E-state index in [1.807, 2.05) is 41.9 Å². The summed E-state index contributed by atoms with van der Waals surface area (Å²) in [6, 6.07) is 9.67. The number of aromatic nitrogens is 1. The number of aryl methyl sites for hydroxylation is 1.